The molecule has 0 saturated carbocycles. The molecule has 130 valence electrons. The van der Waals surface area contributed by atoms with E-state index in [1.165, 1.54) is 18.0 Å². The minimum Gasteiger partial charge on any atom is -0.465 e. The van der Waals surface area contributed by atoms with Gasteiger partial charge < -0.3 is 19.5 Å². The highest BCUT2D eigenvalue weighted by Crippen LogP contribution is 2.28. The molecule has 2 amide bonds. The van der Waals surface area contributed by atoms with Gasteiger partial charge in [0.1, 0.15) is 5.82 Å². The zero-order valence-corrected chi connectivity index (χ0v) is 13.1. The number of carboxylic acid groups (broad SMARTS) is 1. The number of morpholine rings is 1. The van der Waals surface area contributed by atoms with Crippen molar-refractivity contribution in [3.63, 3.8) is 0 Å². The molecule has 0 aromatic heterocycles. The summed E-state index contributed by atoms with van der Waals surface area (Å²) in [4.78, 5) is 26.9. The molecule has 1 aromatic rings. The van der Waals surface area contributed by atoms with Crippen LogP contribution in [0.25, 0.3) is 0 Å². The summed E-state index contributed by atoms with van der Waals surface area (Å²) in [6, 6.07) is 4.49. The number of halogens is 1. The van der Waals surface area contributed by atoms with Gasteiger partial charge in [0.25, 0.3) is 0 Å². The molecule has 1 N–H and O–H groups in total. The van der Waals surface area contributed by atoms with Crippen molar-refractivity contribution in [3.8, 4) is 0 Å². The smallest absolute Gasteiger partial charge is 0.416 e. The second-order valence-electron chi connectivity index (χ2n) is 5.58. The van der Waals surface area contributed by atoms with E-state index in [2.05, 4.69) is 0 Å². The van der Waals surface area contributed by atoms with Crippen molar-refractivity contribution in [1.82, 2.24) is 4.90 Å². The molecule has 0 bridgehead atoms. The van der Waals surface area contributed by atoms with Crippen molar-refractivity contribution >= 4 is 23.6 Å². The maximum atomic E-state index is 14.4. The third kappa shape index (κ3) is 3.07. The van der Waals surface area contributed by atoms with Crippen molar-refractivity contribution in [3.05, 3.63) is 24.0 Å². The summed E-state index contributed by atoms with van der Waals surface area (Å²) in [6.45, 7) is 2.31. The van der Waals surface area contributed by atoms with Crippen LogP contribution in [0.3, 0.4) is 0 Å². The van der Waals surface area contributed by atoms with E-state index in [1.54, 1.807) is 12.1 Å². The fourth-order valence-corrected chi connectivity index (χ4v) is 2.71. The summed E-state index contributed by atoms with van der Waals surface area (Å²) in [6.07, 6.45) is -2.83. The van der Waals surface area contributed by atoms with Gasteiger partial charge in [-0.3, -0.25) is 9.80 Å². The zero-order valence-electron chi connectivity index (χ0n) is 13.1. The van der Waals surface area contributed by atoms with Crippen LogP contribution in [-0.4, -0.2) is 68.3 Å². The fraction of sp³-hybridized carbons (Fsp3) is 0.467. The number of cyclic esters (lactones) is 1. The van der Waals surface area contributed by atoms with E-state index in [0.29, 0.717) is 37.7 Å². The summed E-state index contributed by atoms with van der Waals surface area (Å²) in [5, 5.41) is 8.95. The molecule has 1 aromatic carbocycles. The van der Waals surface area contributed by atoms with E-state index in [0.717, 1.165) is 4.90 Å². The first kappa shape index (κ1) is 16.3. The number of hydrogen-bond acceptors (Lipinski definition) is 5. The lowest BCUT2D eigenvalue weighted by Crippen LogP contribution is -2.39. The van der Waals surface area contributed by atoms with Crippen LogP contribution in [0.4, 0.5) is 25.4 Å². The summed E-state index contributed by atoms with van der Waals surface area (Å²) in [7, 11) is 1.31. The Morgan fingerprint density at radius 3 is 2.71 bits per heavy atom. The lowest BCUT2D eigenvalue weighted by molar-refractivity contribution is 0.0415. The van der Waals surface area contributed by atoms with E-state index in [4.69, 9.17) is 14.6 Å². The van der Waals surface area contributed by atoms with Gasteiger partial charge in [0, 0.05) is 20.1 Å². The molecular formula is C15H18FN3O5. The number of carbonyl (C=O) groups is 2. The third-order valence-corrected chi connectivity index (χ3v) is 4.12. The molecule has 1 atom stereocenters. The Balaban J connectivity index is 1.76. The SMILES string of the molecule is CN(C(=O)O)[C@@H]1CN(c2ccc(N3CCOCC3)c(F)c2)C(=O)O1. The molecule has 2 heterocycles. The number of nitrogens with zero attached hydrogens (tertiary/aromatic N) is 3. The van der Waals surface area contributed by atoms with Crippen molar-refractivity contribution in [2.24, 2.45) is 0 Å². The monoisotopic (exact) mass is 339 g/mol. The molecule has 0 spiro atoms. The molecule has 2 aliphatic rings. The standard InChI is InChI=1S/C15H18FN3O5/c1-17(14(20)21)13-9-19(15(22)24-13)10-2-3-12(11(16)8-10)18-4-6-23-7-5-18/h2-3,8,13H,4-7,9H2,1H3,(H,20,21)/t13-/m0/s1. The molecule has 9 heteroatoms. The Bertz CT molecular complexity index is 650. The largest absolute Gasteiger partial charge is 0.465 e. The maximum absolute atomic E-state index is 14.4. The van der Waals surface area contributed by atoms with E-state index < -0.39 is 24.2 Å². The Hall–Kier alpha value is -2.55. The lowest BCUT2D eigenvalue weighted by Gasteiger charge is -2.29. The number of anilines is 2. The van der Waals surface area contributed by atoms with Gasteiger partial charge in [-0.05, 0) is 18.2 Å². The second kappa shape index (κ2) is 6.52. The Kier molecular flexibility index (Phi) is 4.43. The van der Waals surface area contributed by atoms with Crippen molar-refractivity contribution in [1.29, 1.82) is 0 Å². The topological polar surface area (TPSA) is 82.6 Å². The number of amides is 2. The van der Waals surface area contributed by atoms with Gasteiger partial charge in [0.15, 0.2) is 6.23 Å². The van der Waals surface area contributed by atoms with Crippen LogP contribution in [0.15, 0.2) is 18.2 Å². The van der Waals surface area contributed by atoms with Crippen LogP contribution in [0, 0.1) is 5.82 Å². The highest BCUT2D eigenvalue weighted by molar-refractivity contribution is 5.90. The van der Waals surface area contributed by atoms with Crippen LogP contribution in [0.5, 0.6) is 0 Å². The van der Waals surface area contributed by atoms with Gasteiger partial charge in [-0.1, -0.05) is 0 Å². The van der Waals surface area contributed by atoms with Gasteiger partial charge in [-0.15, -0.1) is 0 Å². The number of likely N-dealkylation sites (N-methyl/N-ethyl adjacent to an activating group) is 1. The molecule has 2 saturated heterocycles. The van der Waals surface area contributed by atoms with Gasteiger partial charge in [-0.25, -0.2) is 14.0 Å². The highest BCUT2D eigenvalue weighted by Gasteiger charge is 2.37. The Morgan fingerprint density at radius 1 is 1.38 bits per heavy atom. The van der Waals surface area contributed by atoms with Crippen molar-refractivity contribution in [2.45, 2.75) is 6.23 Å². The van der Waals surface area contributed by atoms with Gasteiger partial charge in [0.05, 0.1) is 31.1 Å². The molecule has 8 nitrogen and oxygen atoms in total. The quantitative estimate of drug-likeness (QED) is 0.900. The van der Waals surface area contributed by atoms with Gasteiger partial charge in [-0.2, -0.15) is 0 Å². The molecule has 3 rings (SSSR count). The number of ether oxygens (including phenoxy) is 2. The lowest BCUT2D eigenvalue weighted by atomic mass is 10.2. The number of benzene rings is 1. The van der Waals surface area contributed by atoms with E-state index in [1.807, 2.05) is 4.90 Å². The minimum absolute atomic E-state index is 0.0119. The molecule has 2 aliphatic heterocycles. The van der Waals surface area contributed by atoms with Crippen LogP contribution >= 0.6 is 0 Å². The second-order valence-corrected chi connectivity index (χ2v) is 5.58. The normalized spacial score (nSPS) is 20.9. The molecule has 24 heavy (non-hydrogen) atoms. The molecule has 0 aliphatic carbocycles. The first-order valence-corrected chi connectivity index (χ1v) is 7.53. The first-order chi connectivity index (χ1) is 11.5. The van der Waals surface area contributed by atoms with Crippen LogP contribution in [0.2, 0.25) is 0 Å². The Morgan fingerprint density at radius 2 is 2.08 bits per heavy atom. The van der Waals surface area contributed by atoms with Crippen molar-refractivity contribution < 1.29 is 28.6 Å². The average molecular weight is 339 g/mol. The van der Waals surface area contributed by atoms with Crippen molar-refractivity contribution in [2.75, 3.05) is 49.7 Å². The molecule has 0 radical (unpaired) electrons. The van der Waals surface area contributed by atoms with Crippen LogP contribution in [-0.2, 0) is 9.47 Å². The predicted molar refractivity (Wildman–Crippen MR) is 82.8 cm³/mol. The predicted octanol–water partition coefficient (Wildman–Crippen LogP) is 1.55. The summed E-state index contributed by atoms with van der Waals surface area (Å²) in [5.74, 6) is -0.447. The number of carbonyl (C=O) groups excluding carboxylic acids is 1. The first-order valence-electron chi connectivity index (χ1n) is 7.53. The van der Waals surface area contributed by atoms with Gasteiger partial charge in [0.2, 0.25) is 0 Å². The summed E-state index contributed by atoms with van der Waals surface area (Å²) in [5.41, 5.74) is 0.782. The van der Waals surface area contributed by atoms with E-state index >= 15 is 0 Å². The summed E-state index contributed by atoms with van der Waals surface area (Å²) < 4.78 is 24.7. The highest BCUT2D eigenvalue weighted by atomic mass is 19.1. The van der Waals surface area contributed by atoms with E-state index in [9.17, 15) is 14.0 Å². The van der Waals surface area contributed by atoms with Crippen LogP contribution in [0.1, 0.15) is 0 Å². The summed E-state index contributed by atoms with van der Waals surface area (Å²) >= 11 is 0. The third-order valence-electron chi connectivity index (χ3n) is 4.12. The Labute approximate surface area is 137 Å². The number of hydrogen-bond donors (Lipinski definition) is 1. The van der Waals surface area contributed by atoms with Gasteiger partial charge >= 0.3 is 12.2 Å². The number of rotatable bonds is 3. The minimum atomic E-state index is -1.21. The van der Waals surface area contributed by atoms with Crippen LogP contribution < -0.4 is 9.80 Å². The average Bonchev–Trinajstić information content (AvgIpc) is 2.96. The maximum Gasteiger partial charge on any atom is 0.416 e. The zero-order chi connectivity index (χ0) is 17.3. The fourth-order valence-electron chi connectivity index (χ4n) is 2.71. The molecule has 2 fully saturated rings. The molecule has 0 unspecified atom stereocenters. The van der Waals surface area contributed by atoms with E-state index in [-0.39, 0.29) is 6.54 Å². The molecular weight excluding hydrogens is 321 g/mol.